The molecule has 0 aliphatic rings. The van der Waals surface area contributed by atoms with Crippen molar-refractivity contribution < 1.29 is 13.7 Å². The first kappa shape index (κ1) is 14.7. The van der Waals surface area contributed by atoms with Crippen LogP contribution in [0.2, 0.25) is 5.02 Å². The average Bonchev–Trinajstić information content (AvgIpc) is 2.81. The number of rotatable bonds is 5. The molecule has 2 rings (SSSR count). The molecule has 0 amide bonds. The maximum Gasteiger partial charge on any atom is 0.237 e. The second-order valence-electron chi connectivity index (χ2n) is 4.53. The van der Waals surface area contributed by atoms with E-state index in [0.29, 0.717) is 35.1 Å². The molecule has 0 bridgehead atoms. The van der Waals surface area contributed by atoms with Crippen molar-refractivity contribution in [3.63, 3.8) is 0 Å². The summed E-state index contributed by atoms with van der Waals surface area (Å²) >= 11 is 5.95. The smallest absolute Gasteiger partial charge is 0.237 e. The van der Waals surface area contributed by atoms with Crippen LogP contribution >= 0.6 is 11.6 Å². The third-order valence-corrected chi connectivity index (χ3v) is 3.40. The van der Waals surface area contributed by atoms with Gasteiger partial charge in [-0.3, -0.25) is 4.79 Å². The molecule has 20 heavy (non-hydrogen) atoms. The highest BCUT2D eigenvalue weighted by molar-refractivity contribution is 6.31. The maximum atomic E-state index is 13.0. The van der Waals surface area contributed by atoms with Gasteiger partial charge in [0.1, 0.15) is 11.6 Å². The average molecular weight is 297 g/mol. The van der Waals surface area contributed by atoms with Crippen LogP contribution in [0.3, 0.4) is 0 Å². The number of aromatic nitrogens is 2. The largest absolute Gasteiger partial charge is 0.339 e. The van der Waals surface area contributed by atoms with Crippen molar-refractivity contribution in [2.24, 2.45) is 0 Å². The number of carbonyl (C=O) groups is 1. The van der Waals surface area contributed by atoms with E-state index in [2.05, 4.69) is 10.1 Å². The van der Waals surface area contributed by atoms with Crippen LogP contribution in [0, 0.1) is 5.82 Å². The molecule has 1 heterocycles. The fourth-order valence-corrected chi connectivity index (χ4v) is 2.19. The first-order valence-corrected chi connectivity index (χ1v) is 6.66. The molecule has 1 aromatic heterocycles. The van der Waals surface area contributed by atoms with E-state index in [1.807, 2.05) is 6.92 Å². The van der Waals surface area contributed by atoms with Crippen LogP contribution in [0.15, 0.2) is 22.7 Å². The van der Waals surface area contributed by atoms with E-state index in [9.17, 15) is 9.18 Å². The SMILES string of the molecule is CCC(C(C)=O)c1nc(Cc2ccc(F)cc2Cl)no1. The monoisotopic (exact) mass is 296 g/mol. The predicted molar refractivity (Wildman–Crippen MR) is 72.2 cm³/mol. The lowest BCUT2D eigenvalue weighted by Gasteiger charge is -2.03. The van der Waals surface area contributed by atoms with E-state index in [-0.39, 0.29) is 11.7 Å². The van der Waals surface area contributed by atoms with Crippen LogP contribution in [0.1, 0.15) is 43.5 Å². The van der Waals surface area contributed by atoms with E-state index in [1.165, 1.54) is 19.1 Å². The fraction of sp³-hybridized carbons (Fsp3) is 0.357. The van der Waals surface area contributed by atoms with Crippen molar-refractivity contribution in [1.82, 2.24) is 10.1 Å². The summed E-state index contributed by atoms with van der Waals surface area (Å²) in [7, 11) is 0. The standard InChI is InChI=1S/C14H14ClFN2O2/c1-3-11(8(2)19)14-17-13(18-20-14)6-9-4-5-10(16)7-12(9)15/h4-5,7,11H,3,6H2,1-2H3. The van der Waals surface area contributed by atoms with Gasteiger partial charge in [0.2, 0.25) is 5.89 Å². The van der Waals surface area contributed by atoms with Crippen LogP contribution in [0.5, 0.6) is 0 Å². The Kier molecular flexibility index (Phi) is 4.49. The molecule has 0 radical (unpaired) electrons. The van der Waals surface area contributed by atoms with Gasteiger partial charge in [0.25, 0.3) is 0 Å². The summed E-state index contributed by atoms with van der Waals surface area (Å²) in [5, 5.41) is 4.15. The van der Waals surface area contributed by atoms with Crippen LogP contribution in [0.25, 0.3) is 0 Å². The summed E-state index contributed by atoms with van der Waals surface area (Å²) in [6, 6.07) is 4.14. The number of Topliss-reactive ketones (excluding diaryl/α,β-unsaturated/α-hetero) is 1. The third-order valence-electron chi connectivity index (χ3n) is 3.04. The molecule has 2 aromatic rings. The van der Waals surface area contributed by atoms with Gasteiger partial charge in [-0.15, -0.1) is 0 Å². The van der Waals surface area contributed by atoms with Crippen LogP contribution in [-0.2, 0) is 11.2 Å². The van der Waals surface area contributed by atoms with Gasteiger partial charge in [0.05, 0.1) is 5.92 Å². The normalized spacial score (nSPS) is 12.4. The zero-order chi connectivity index (χ0) is 14.7. The van der Waals surface area contributed by atoms with Crippen molar-refractivity contribution in [3.05, 3.63) is 46.3 Å². The second-order valence-corrected chi connectivity index (χ2v) is 4.94. The lowest BCUT2D eigenvalue weighted by atomic mass is 10.0. The van der Waals surface area contributed by atoms with Gasteiger partial charge >= 0.3 is 0 Å². The molecule has 0 spiro atoms. The minimum Gasteiger partial charge on any atom is -0.339 e. The van der Waals surface area contributed by atoms with E-state index < -0.39 is 5.82 Å². The topological polar surface area (TPSA) is 56.0 Å². The first-order valence-electron chi connectivity index (χ1n) is 6.28. The summed E-state index contributed by atoms with van der Waals surface area (Å²) in [6.07, 6.45) is 0.936. The Morgan fingerprint density at radius 3 is 2.85 bits per heavy atom. The molecule has 0 saturated carbocycles. The zero-order valence-electron chi connectivity index (χ0n) is 11.2. The summed E-state index contributed by atoms with van der Waals surface area (Å²) in [5.74, 6) is -0.0425. The van der Waals surface area contributed by atoms with Gasteiger partial charge in [-0.1, -0.05) is 29.7 Å². The summed E-state index contributed by atoms with van der Waals surface area (Å²) in [6.45, 7) is 3.38. The van der Waals surface area contributed by atoms with E-state index in [0.717, 1.165) is 0 Å². The Hall–Kier alpha value is -1.75. The number of hydrogen-bond donors (Lipinski definition) is 0. The third kappa shape index (κ3) is 3.22. The maximum absolute atomic E-state index is 13.0. The molecule has 6 heteroatoms. The highest BCUT2D eigenvalue weighted by Crippen LogP contribution is 2.22. The van der Waals surface area contributed by atoms with Gasteiger partial charge in [-0.2, -0.15) is 4.98 Å². The summed E-state index contributed by atoms with van der Waals surface area (Å²) in [5.41, 5.74) is 0.705. The number of carbonyl (C=O) groups excluding carboxylic acids is 1. The van der Waals surface area contributed by atoms with Gasteiger partial charge in [-0.05, 0) is 31.0 Å². The van der Waals surface area contributed by atoms with Gasteiger partial charge in [-0.25, -0.2) is 4.39 Å². The minimum atomic E-state index is -0.393. The van der Waals surface area contributed by atoms with Gasteiger partial charge in [0.15, 0.2) is 5.82 Å². The Balaban J connectivity index is 2.19. The molecule has 0 saturated heterocycles. The molecular weight excluding hydrogens is 283 g/mol. The van der Waals surface area contributed by atoms with Crippen molar-refractivity contribution in [2.45, 2.75) is 32.6 Å². The molecule has 0 aliphatic carbocycles. The van der Waals surface area contributed by atoms with Crippen LogP contribution in [0.4, 0.5) is 4.39 Å². The van der Waals surface area contributed by atoms with Crippen molar-refractivity contribution >= 4 is 17.4 Å². The quantitative estimate of drug-likeness (QED) is 0.847. The number of halogens is 2. The molecule has 106 valence electrons. The lowest BCUT2D eigenvalue weighted by molar-refractivity contribution is -0.119. The van der Waals surface area contributed by atoms with Crippen molar-refractivity contribution in [1.29, 1.82) is 0 Å². The van der Waals surface area contributed by atoms with Gasteiger partial charge < -0.3 is 4.52 Å². The van der Waals surface area contributed by atoms with Gasteiger partial charge in [0, 0.05) is 11.4 Å². The molecule has 0 N–H and O–H groups in total. The lowest BCUT2D eigenvalue weighted by Crippen LogP contribution is -2.08. The highest BCUT2D eigenvalue weighted by atomic mass is 35.5. The molecule has 1 aromatic carbocycles. The Morgan fingerprint density at radius 1 is 1.50 bits per heavy atom. The number of ketones is 1. The molecule has 4 nitrogen and oxygen atoms in total. The first-order chi connectivity index (χ1) is 9.51. The molecule has 0 fully saturated rings. The van der Waals surface area contributed by atoms with Crippen molar-refractivity contribution in [2.75, 3.05) is 0 Å². The molecule has 0 aliphatic heterocycles. The minimum absolute atomic E-state index is 0.0116. The van der Waals surface area contributed by atoms with E-state index in [1.54, 1.807) is 6.07 Å². The molecular formula is C14H14ClFN2O2. The number of hydrogen-bond acceptors (Lipinski definition) is 4. The molecule has 1 atom stereocenters. The van der Waals surface area contributed by atoms with E-state index in [4.69, 9.17) is 16.1 Å². The van der Waals surface area contributed by atoms with E-state index >= 15 is 0 Å². The highest BCUT2D eigenvalue weighted by Gasteiger charge is 2.21. The second kappa shape index (κ2) is 6.13. The Labute approximate surface area is 120 Å². The fourth-order valence-electron chi connectivity index (χ4n) is 1.95. The van der Waals surface area contributed by atoms with Crippen LogP contribution in [-0.4, -0.2) is 15.9 Å². The predicted octanol–water partition coefficient (Wildman–Crippen LogP) is 3.54. The number of benzene rings is 1. The number of nitrogens with zero attached hydrogens (tertiary/aromatic N) is 2. The summed E-state index contributed by atoms with van der Waals surface area (Å²) in [4.78, 5) is 15.7. The molecule has 1 unspecified atom stereocenters. The summed E-state index contributed by atoms with van der Waals surface area (Å²) < 4.78 is 18.1. The van der Waals surface area contributed by atoms with Crippen LogP contribution < -0.4 is 0 Å². The zero-order valence-corrected chi connectivity index (χ0v) is 11.9. The Morgan fingerprint density at radius 2 is 2.25 bits per heavy atom. The Bertz CT molecular complexity index is 627. The van der Waals surface area contributed by atoms with Crippen molar-refractivity contribution in [3.8, 4) is 0 Å².